The molecule has 0 atom stereocenters. The SMILES string of the molecule is O=C(Nc1ccc(OCc2ccccc2)cc1)c1nc(-c2cccnc2)cs1. The molecule has 1 amide bonds. The van der Waals surface area contributed by atoms with Gasteiger partial charge in [-0.2, -0.15) is 0 Å². The van der Waals surface area contributed by atoms with Gasteiger partial charge in [-0.05, 0) is 42.0 Å². The molecule has 4 aromatic rings. The maximum Gasteiger partial charge on any atom is 0.284 e. The number of hydrogen-bond acceptors (Lipinski definition) is 5. The van der Waals surface area contributed by atoms with Crippen LogP contribution < -0.4 is 10.1 Å². The first-order valence-corrected chi connectivity index (χ1v) is 9.60. The fourth-order valence-electron chi connectivity index (χ4n) is 2.58. The Morgan fingerprint density at radius 3 is 2.57 bits per heavy atom. The molecular weight excluding hydrogens is 370 g/mol. The molecule has 138 valence electrons. The van der Waals surface area contributed by atoms with Gasteiger partial charge in [0.25, 0.3) is 5.91 Å². The minimum atomic E-state index is -0.238. The fraction of sp³-hybridized carbons (Fsp3) is 0.0455. The van der Waals surface area contributed by atoms with Crippen molar-refractivity contribution in [3.63, 3.8) is 0 Å². The van der Waals surface area contributed by atoms with Crippen LogP contribution >= 0.6 is 11.3 Å². The molecule has 1 N–H and O–H groups in total. The minimum absolute atomic E-state index is 0.238. The zero-order valence-corrected chi connectivity index (χ0v) is 15.7. The quantitative estimate of drug-likeness (QED) is 0.504. The van der Waals surface area contributed by atoms with E-state index in [-0.39, 0.29) is 5.91 Å². The summed E-state index contributed by atoms with van der Waals surface area (Å²) in [6.07, 6.45) is 3.43. The van der Waals surface area contributed by atoms with Crippen LogP contribution in [-0.4, -0.2) is 15.9 Å². The molecule has 0 bridgehead atoms. The Labute approximate surface area is 166 Å². The summed E-state index contributed by atoms with van der Waals surface area (Å²) in [5.74, 6) is 0.507. The van der Waals surface area contributed by atoms with Crippen molar-refractivity contribution >= 4 is 22.9 Å². The third-order valence-corrected chi connectivity index (χ3v) is 4.86. The van der Waals surface area contributed by atoms with Gasteiger partial charge in [0.15, 0.2) is 5.01 Å². The number of ether oxygens (including phenoxy) is 1. The first kappa shape index (κ1) is 17.9. The number of rotatable bonds is 6. The van der Waals surface area contributed by atoms with Crippen LogP contribution in [0.1, 0.15) is 15.4 Å². The summed E-state index contributed by atoms with van der Waals surface area (Å²) in [5, 5.41) is 5.12. The Morgan fingerprint density at radius 1 is 1.00 bits per heavy atom. The van der Waals surface area contributed by atoms with Crippen LogP contribution in [0.25, 0.3) is 11.3 Å². The maximum atomic E-state index is 12.4. The number of thiazole rings is 1. The van der Waals surface area contributed by atoms with Crippen molar-refractivity contribution in [2.24, 2.45) is 0 Å². The third-order valence-electron chi connectivity index (χ3n) is 4.02. The van der Waals surface area contributed by atoms with Crippen molar-refractivity contribution in [2.75, 3.05) is 5.32 Å². The van der Waals surface area contributed by atoms with Crippen molar-refractivity contribution in [3.05, 3.63) is 95.1 Å². The zero-order chi connectivity index (χ0) is 19.2. The molecule has 6 heteroatoms. The number of nitrogens with zero attached hydrogens (tertiary/aromatic N) is 2. The van der Waals surface area contributed by atoms with Gasteiger partial charge in [-0.15, -0.1) is 11.3 Å². The molecule has 0 fully saturated rings. The molecule has 0 saturated carbocycles. The fourth-order valence-corrected chi connectivity index (χ4v) is 3.31. The Morgan fingerprint density at radius 2 is 1.82 bits per heavy atom. The smallest absolute Gasteiger partial charge is 0.284 e. The molecule has 0 aliphatic carbocycles. The highest BCUT2D eigenvalue weighted by molar-refractivity contribution is 7.12. The molecule has 0 saturated heterocycles. The number of carbonyl (C=O) groups excluding carboxylic acids is 1. The molecule has 0 radical (unpaired) electrons. The van der Waals surface area contributed by atoms with E-state index in [1.165, 1.54) is 11.3 Å². The van der Waals surface area contributed by atoms with Gasteiger partial charge in [0.05, 0.1) is 5.69 Å². The van der Waals surface area contributed by atoms with Crippen molar-refractivity contribution in [1.29, 1.82) is 0 Å². The lowest BCUT2D eigenvalue weighted by atomic mass is 10.2. The highest BCUT2D eigenvalue weighted by atomic mass is 32.1. The molecule has 4 rings (SSSR count). The summed E-state index contributed by atoms with van der Waals surface area (Å²) in [6, 6.07) is 21.0. The maximum absolute atomic E-state index is 12.4. The van der Waals surface area contributed by atoms with Crippen LogP contribution in [0.2, 0.25) is 0 Å². The van der Waals surface area contributed by atoms with E-state index in [0.29, 0.717) is 17.3 Å². The van der Waals surface area contributed by atoms with Crippen molar-refractivity contribution in [1.82, 2.24) is 9.97 Å². The summed E-state index contributed by atoms with van der Waals surface area (Å²) in [6.45, 7) is 0.503. The largest absolute Gasteiger partial charge is 0.489 e. The first-order chi connectivity index (χ1) is 13.8. The van der Waals surface area contributed by atoms with Gasteiger partial charge >= 0.3 is 0 Å². The third kappa shape index (κ3) is 4.42. The number of carbonyl (C=O) groups is 1. The summed E-state index contributed by atoms with van der Waals surface area (Å²) < 4.78 is 5.76. The van der Waals surface area contributed by atoms with Crippen LogP contribution in [0.15, 0.2) is 84.5 Å². The molecule has 0 aliphatic rings. The average molecular weight is 387 g/mol. The van der Waals surface area contributed by atoms with Crippen molar-refractivity contribution in [3.8, 4) is 17.0 Å². The van der Waals surface area contributed by atoms with Gasteiger partial charge in [-0.3, -0.25) is 9.78 Å². The summed E-state index contributed by atoms with van der Waals surface area (Å²) in [5.41, 5.74) is 3.42. The molecule has 2 heterocycles. The summed E-state index contributed by atoms with van der Waals surface area (Å²) in [4.78, 5) is 20.9. The molecule has 5 nitrogen and oxygen atoms in total. The van der Waals surface area contributed by atoms with E-state index >= 15 is 0 Å². The Hall–Kier alpha value is -3.51. The number of aromatic nitrogens is 2. The molecule has 2 aromatic carbocycles. The Kier molecular flexibility index (Phi) is 5.40. The second kappa shape index (κ2) is 8.45. The minimum Gasteiger partial charge on any atom is -0.489 e. The molecule has 0 unspecified atom stereocenters. The molecular formula is C22H17N3O2S. The Bertz CT molecular complexity index is 1050. The van der Waals surface area contributed by atoms with E-state index in [1.54, 1.807) is 12.4 Å². The predicted molar refractivity (Wildman–Crippen MR) is 111 cm³/mol. The lowest BCUT2D eigenvalue weighted by Crippen LogP contribution is -2.11. The molecule has 0 spiro atoms. The van der Waals surface area contributed by atoms with Gasteiger partial charge in [0.2, 0.25) is 0 Å². The summed E-state index contributed by atoms with van der Waals surface area (Å²) in [7, 11) is 0. The lowest BCUT2D eigenvalue weighted by molar-refractivity contribution is 0.102. The number of nitrogens with one attached hydrogen (secondary N) is 1. The number of hydrogen-bond donors (Lipinski definition) is 1. The second-order valence-electron chi connectivity index (χ2n) is 6.03. The Balaban J connectivity index is 1.36. The van der Waals surface area contributed by atoms with Crippen LogP contribution in [0, 0.1) is 0 Å². The number of amides is 1. The van der Waals surface area contributed by atoms with Crippen LogP contribution in [0.3, 0.4) is 0 Å². The highest BCUT2D eigenvalue weighted by Crippen LogP contribution is 2.22. The summed E-state index contributed by atoms with van der Waals surface area (Å²) >= 11 is 1.31. The standard InChI is InChI=1S/C22H17N3O2S/c26-21(22-25-20(15-28-22)17-7-4-12-23-13-17)24-18-8-10-19(11-9-18)27-14-16-5-2-1-3-6-16/h1-13,15H,14H2,(H,24,26). The van der Waals surface area contributed by atoms with Gasteiger partial charge in [0, 0.05) is 29.0 Å². The highest BCUT2D eigenvalue weighted by Gasteiger charge is 2.12. The van der Waals surface area contributed by atoms with E-state index in [4.69, 9.17) is 4.74 Å². The predicted octanol–water partition coefficient (Wildman–Crippen LogP) is 5.04. The van der Waals surface area contributed by atoms with Gasteiger partial charge in [0.1, 0.15) is 12.4 Å². The lowest BCUT2D eigenvalue weighted by Gasteiger charge is -2.08. The van der Waals surface area contributed by atoms with Crippen LogP contribution in [-0.2, 0) is 6.61 Å². The van der Waals surface area contributed by atoms with E-state index in [2.05, 4.69) is 15.3 Å². The molecule has 28 heavy (non-hydrogen) atoms. The normalized spacial score (nSPS) is 10.4. The van der Waals surface area contributed by atoms with Gasteiger partial charge in [-0.1, -0.05) is 30.3 Å². The van der Waals surface area contributed by atoms with E-state index in [1.807, 2.05) is 72.1 Å². The molecule has 0 aliphatic heterocycles. The van der Waals surface area contributed by atoms with Crippen molar-refractivity contribution < 1.29 is 9.53 Å². The first-order valence-electron chi connectivity index (χ1n) is 8.72. The number of pyridine rings is 1. The van der Waals surface area contributed by atoms with Crippen LogP contribution in [0.4, 0.5) is 5.69 Å². The van der Waals surface area contributed by atoms with Crippen LogP contribution in [0.5, 0.6) is 5.75 Å². The molecule has 2 aromatic heterocycles. The zero-order valence-electron chi connectivity index (χ0n) is 14.9. The topological polar surface area (TPSA) is 64.1 Å². The number of benzene rings is 2. The van der Waals surface area contributed by atoms with E-state index < -0.39 is 0 Å². The monoisotopic (exact) mass is 387 g/mol. The number of anilines is 1. The van der Waals surface area contributed by atoms with E-state index in [9.17, 15) is 4.79 Å². The van der Waals surface area contributed by atoms with E-state index in [0.717, 1.165) is 22.6 Å². The average Bonchev–Trinajstić information content (AvgIpc) is 3.25. The van der Waals surface area contributed by atoms with Gasteiger partial charge < -0.3 is 10.1 Å². The van der Waals surface area contributed by atoms with Gasteiger partial charge in [-0.25, -0.2) is 4.98 Å². The second-order valence-corrected chi connectivity index (χ2v) is 6.89. The van der Waals surface area contributed by atoms with Crippen molar-refractivity contribution in [2.45, 2.75) is 6.61 Å².